The van der Waals surface area contributed by atoms with E-state index in [4.69, 9.17) is 4.42 Å². The molecule has 0 saturated carbocycles. The summed E-state index contributed by atoms with van der Waals surface area (Å²) in [6.45, 7) is 1.13. The van der Waals surface area contributed by atoms with E-state index in [9.17, 15) is 10.1 Å². The number of fused-ring (bicyclic) bond motifs is 2. The number of nitriles is 1. The third-order valence-corrected chi connectivity index (χ3v) is 6.72. The molecule has 6 heteroatoms. The van der Waals surface area contributed by atoms with Gasteiger partial charge in [0.05, 0.1) is 42.0 Å². The number of hydrogen-bond acceptors (Lipinski definition) is 5. The Bertz CT molecular complexity index is 1140. The second kappa shape index (κ2) is 7.43. The van der Waals surface area contributed by atoms with Crippen molar-refractivity contribution in [3.8, 4) is 6.07 Å². The number of hydrogen-bond donors (Lipinski definition) is 0. The van der Waals surface area contributed by atoms with Gasteiger partial charge in [0.25, 0.3) is 0 Å². The molecular formula is C23H19N3O2S. The average molecular weight is 401 g/mol. The van der Waals surface area contributed by atoms with Gasteiger partial charge in [-0.05, 0) is 28.5 Å². The van der Waals surface area contributed by atoms with E-state index >= 15 is 0 Å². The molecule has 2 aliphatic heterocycles. The van der Waals surface area contributed by atoms with Crippen molar-refractivity contribution in [1.29, 1.82) is 5.26 Å². The Kier molecular flexibility index (Phi) is 4.62. The summed E-state index contributed by atoms with van der Waals surface area (Å²) in [5, 5.41) is 13.0. The average Bonchev–Trinajstić information content (AvgIpc) is 3.26. The lowest BCUT2D eigenvalue weighted by molar-refractivity contribution is -0.132. The number of carbonyl (C=O) groups excluding carboxylic acids is 1. The SMILES string of the molecule is N#CC1=C2SCN(Cc3ccco3)CN2C(=O)C[C@H]1c1cccc2ccccc12. The Hall–Kier alpha value is -3.01. The van der Waals surface area contributed by atoms with Crippen LogP contribution in [0.4, 0.5) is 0 Å². The fourth-order valence-electron chi connectivity index (χ4n) is 4.15. The highest BCUT2D eigenvalue weighted by molar-refractivity contribution is 8.03. The van der Waals surface area contributed by atoms with Gasteiger partial charge in [0.1, 0.15) is 5.76 Å². The van der Waals surface area contributed by atoms with E-state index in [1.165, 1.54) is 0 Å². The topological polar surface area (TPSA) is 60.5 Å². The lowest BCUT2D eigenvalue weighted by Crippen LogP contribution is -2.46. The number of carbonyl (C=O) groups is 1. The van der Waals surface area contributed by atoms with Crippen molar-refractivity contribution in [2.45, 2.75) is 18.9 Å². The first-order valence-electron chi connectivity index (χ1n) is 9.54. The van der Waals surface area contributed by atoms with Crippen LogP contribution >= 0.6 is 11.8 Å². The zero-order chi connectivity index (χ0) is 19.8. The summed E-state index contributed by atoms with van der Waals surface area (Å²) in [6.07, 6.45) is 1.97. The summed E-state index contributed by atoms with van der Waals surface area (Å²) >= 11 is 1.56. The van der Waals surface area contributed by atoms with Crippen LogP contribution in [0, 0.1) is 11.3 Å². The molecule has 1 amide bonds. The standard InChI is InChI=1S/C23H19N3O2S/c24-12-21-20(19-9-3-6-16-5-1-2-8-18(16)19)11-22(27)26-14-25(15-29-23(21)26)13-17-7-4-10-28-17/h1-10,20H,11,13-15H2/t20-/m0/s1. The first-order chi connectivity index (χ1) is 14.2. The number of benzene rings is 2. The Labute approximate surface area is 173 Å². The molecule has 5 rings (SSSR count). The maximum atomic E-state index is 13.1. The Morgan fingerprint density at radius 3 is 2.83 bits per heavy atom. The Morgan fingerprint density at radius 1 is 1.14 bits per heavy atom. The van der Waals surface area contributed by atoms with Crippen molar-refractivity contribution < 1.29 is 9.21 Å². The first kappa shape index (κ1) is 18.0. The van der Waals surface area contributed by atoms with E-state index in [0.29, 0.717) is 31.1 Å². The second-order valence-electron chi connectivity index (χ2n) is 7.30. The number of rotatable bonds is 3. The lowest BCUT2D eigenvalue weighted by atomic mass is 9.84. The van der Waals surface area contributed by atoms with Gasteiger partial charge in [-0.15, -0.1) is 0 Å². The second-order valence-corrected chi connectivity index (χ2v) is 8.23. The van der Waals surface area contributed by atoms with Gasteiger partial charge >= 0.3 is 0 Å². The molecule has 2 aromatic carbocycles. The molecule has 144 valence electrons. The van der Waals surface area contributed by atoms with E-state index in [0.717, 1.165) is 27.1 Å². The number of nitrogens with zero attached hydrogens (tertiary/aromatic N) is 3. The van der Waals surface area contributed by atoms with Gasteiger partial charge in [-0.25, -0.2) is 0 Å². The van der Waals surface area contributed by atoms with Crippen LogP contribution in [0.3, 0.4) is 0 Å². The predicted octanol–water partition coefficient (Wildman–Crippen LogP) is 4.65. The molecule has 0 spiro atoms. The highest BCUT2D eigenvalue weighted by Crippen LogP contribution is 2.44. The van der Waals surface area contributed by atoms with Gasteiger partial charge in [0.15, 0.2) is 0 Å². The summed E-state index contributed by atoms with van der Waals surface area (Å²) < 4.78 is 5.44. The van der Waals surface area contributed by atoms with Crippen molar-refractivity contribution in [3.05, 3.63) is 82.8 Å². The van der Waals surface area contributed by atoms with Crippen LogP contribution in [0.5, 0.6) is 0 Å². The fourth-order valence-corrected chi connectivity index (χ4v) is 5.29. The van der Waals surface area contributed by atoms with Crippen molar-refractivity contribution in [2.75, 3.05) is 12.5 Å². The van der Waals surface area contributed by atoms with Gasteiger partial charge < -0.3 is 4.42 Å². The molecule has 3 heterocycles. The Morgan fingerprint density at radius 2 is 2.00 bits per heavy atom. The monoisotopic (exact) mass is 401 g/mol. The van der Waals surface area contributed by atoms with Crippen LogP contribution in [0.1, 0.15) is 23.7 Å². The summed E-state index contributed by atoms with van der Waals surface area (Å²) in [7, 11) is 0. The minimum absolute atomic E-state index is 0.0635. The van der Waals surface area contributed by atoms with Crippen molar-refractivity contribution in [1.82, 2.24) is 9.80 Å². The number of amides is 1. The minimum Gasteiger partial charge on any atom is -0.468 e. The van der Waals surface area contributed by atoms with Crippen LogP contribution in [0.25, 0.3) is 10.8 Å². The molecule has 3 aromatic rings. The maximum absolute atomic E-state index is 13.1. The van der Waals surface area contributed by atoms with Gasteiger partial charge in [-0.3, -0.25) is 14.6 Å². The van der Waals surface area contributed by atoms with Gasteiger partial charge in [-0.1, -0.05) is 54.2 Å². The van der Waals surface area contributed by atoms with E-state index in [1.807, 2.05) is 36.4 Å². The number of thioether (sulfide) groups is 1. The normalized spacial score (nSPS) is 20.0. The molecule has 0 unspecified atom stereocenters. The first-order valence-corrected chi connectivity index (χ1v) is 10.5. The van der Waals surface area contributed by atoms with Crippen molar-refractivity contribution in [2.24, 2.45) is 0 Å². The van der Waals surface area contributed by atoms with E-state index in [2.05, 4.69) is 29.2 Å². The van der Waals surface area contributed by atoms with Gasteiger partial charge in [0, 0.05) is 12.3 Å². The van der Waals surface area contributed by atoms with Gasteiger partial charge in [0.2, 0.25) is 5.91 Å². The molecule has 1 atom stereocenters. The fraction of sp³-hybridized carbons (Fsp3) is 0.217. The zero-order valence-electron chi connectivity index (χ0n) is 15.7. The van der Waals surface area contributed by atoms with Crippen molar-refractivity contribution in [3.63, 3.8) is 0 Å². The number of allylic oxidation sites excluding steroid dienone is 1. The van der Waals surface area contributed by atoms with Crippen LogP contribution in [-0.4, -0.2) is 28.3 Å². The smallest absolute Gasteiger partial charge is 0.229 e. The van der Waals surface area contributed by atoms with Crippen LogP contribution in [0.15, 0.2) is 75.9 Å². The molecule has 2 aliphatic rings. The summed E-state index contributed by atoms with van der Waals surface area (Å²) in [5.41, 5.74) is 1.75. The van der Waals surface area contributed by atoms with E-state index in [-0.39, 0.29) is 11.8 Å². The summed E-state index contributed by atoms with van der Waals surface area (Å²) in [6, 6.07) is 20.5. The summed E-state index contributed by atoms with van der Waals surface area (Å²) in [5.74, 6) is 1.45. The molecule has 5 nitrogen and oxygen atoms in total. The molecule has 0 bridgehead atoms. The molecule has 1 aromatic heterocycles. The van der Waals surface area contributed by atoms with E-state index in [1.54, 1.807) is 22.9 Å². The van der Waals surface area contributed by atoms with E-state index < -0.39 is 0 Å². The quantitative estimate of drug-likeness (QED) is 0.639. The predicted molar refractivity (Wildman–Crippen MR) is 112 cm³/mol. The highest BCUT2D eigenvalue weighted by Gasteiger charge is 2.38. The molecule has 0 N–H and O–H groups in total. The Balaban J connectivity index is 1.50. The van der Waals surface area contributed by atoms with Crippen molar-refractivity contribution >= 4 is 28.4 Å². The minimum atomic E-state index is -0.200. The molecule has 0 aliphatic carbocycles. The molecule has 29 heavy (non-hydrogen) atoms. The van der Waals surface area contributed by atoms with Gasteiger partial charge in [-0.2, -0.15) is 5.26 Å². The van der Waals surface area contributed by atoms with Crippen LogP contribution < -0.4 is 0 Å². The van der Waals surface area contributed by atoms with Crippen LogP contribution in [0.2, 0.25) is 0 Å². The third-order valence-electron chi connectivity index (χ3n) is 5.51. The molecule has 0 radical (unpaired) electrons. The zero-order valence-corrected chi connectivity index (χ0v) is 16.6. The largest absolute Gasteiger partial charge is 0.468 e. The maximum Gasteiger partial charge on any atom is 0.229 e. The molecule has 1 saturated heterocycles. The molecular weight excluding hydrogens is 382 g/mol. The molecule has 1 fully saturated rings. The third kappa shape index (κ3) is 3.23. The highest BCUT2D eigenvalue weighted by atomic mass is 32.2. The van der Waals surface area contributed by atoms with Crippen LogP contribution in [-0.2, 0) is 11.3 Å². The lowest BCUT2D eigenvalue weighted by Gasteiger charge is -2.41. The summed E-state index contributed by atoms with van der Waals surface area (Å²) in [4.78, 5) is 17.0. The number of furan rings is 1.